The van der Waals surface area contributed by atoms with Gasteiger partial charge in [0, 0.05) is 39.0 Å². The van der Waals surface area contributed by atoms with Crippen LogP contribution in [0.15, 0.2) is 4.99 Å². The van der Waals surface area contributed by atoms with E-state index in [1.54, 1.807) is 20.9 Å². The summed E-state index contributed by atoms with van der Waals surface area (Å²) in [6, 6.07) is 0.699. The third-order valence-corrected chi connectivity index (χ3v) is 6.97. The summed E-state index contributed by atoms with van der Waals surface area (Å²) in [6.07, 6.45) is 6.39. The molecule has 1 saturated heterocycles. The van der Waals surface area contributed by atoms with E-state index in [1.165, 1.54) is 38.5 Å². The maximum atomic E-state index is 11.7. The van der Waals surface area contributed by atoms with Gasteiger partial charge in [-0.3, -0.25) is 9.89 Å². The molecule has 24 heavy (non-hydrogen) atoms. The number of aliphatic imine (C=N–C) groups is 1. The van der Waals surface area contributed by atoms with Gasteiger partial charge in [0.25, 0.3) is 0 Å². The van der Waals surface area contributed by atoms with Gasteiger partial charge in [0.15, 0.2) is 15.8 Å². The van der Waals surface area contributed by atoms with E-state index in [0.717, 1.165) is 13.1 Å². The first-order chi connectivity index (χ1) is 10.7. The second-order valence-electron chi connectivity index (χ2n) is 6.98. The zero-order valence-corrected chi connectivity index (χ0v) is 18.9. The number of nitrogens with one attached hydrogen (secondary N) is 2. The molecule has 0 saturated carbocycles. The molecule has 1 unspecified atom stereocenters. The van der Waals surface area contributed by atoms with Gasteiger partial charge >= 0.3 is 0 Å². The highest BCUT2D eigenvalue weighted by Crippen LogP contribution is 2.18. The van der Waals surface area contributed by atoms with Crippen LogP contribution in [0.1, 0.15) is 46.5 Å². The van der Waals surface area contributed by atoms with E-state index in [-0.39, 0.29) is 24.0 Å². The van der Waals surface area contributed by atoms with Crippen molar-refractivity contribution in [3.05, 3.63) is 0 Å². The Kier molecular flexibility index (Phi) is 10.8. The lowest BCUT2D eigenvalue weighted by molar-refractivity contribution is 0.147. The van der Waals surface area contributed by atoms with Crippen LogP contribution in [0.4, 0.5) is 0 Å². The van der Waals surface area contributed by atoms with Crippen LogP contribution in [0, 0.1) is 0 Å². The Balaban J connectivity index is 0.00000529. The zero-order valence-electron chi connectivity index (χ0n) is 15.8. The van der Waals surface area contributed by atoms with Crippen molar-refractivity contribution >= 4 is 39.8 Å². The molecule has 0 amide bonds. The molecule has 1 heterocycles. The van der Waals surface area contributed by atoms with E-state index in [9.17, 15) is 8.42 Å². The molecule has 0 aromatic carbocycles. The Hall–Kier alpha value is -0.0900. The molecule has 0 aromatic heterocycles. The summed E-state index contributed by atoms with van der Waals surface area (Å²) in [5.41, 5.74) is 0. The summed E-state index contributed by atoms with van der Waals surface area (Å²) < 4.78 is 22.7. The molecule has 1 atom stereocenters. The monoisotopic (exact) mass is 474 g/mol. The Morgan fingerprint density at radius 1 is 1.29 bits per heavy atom. The number of piperidine rings is 1. The molecule has 2 N–H and O–H groups in total. The highest BCUT2D eigenvalue weighted by molar-refractivity contribution is 14.0. The molecule has 1 fully saturated rings. The number of hydrogen-bond donors (Lipinski definition) is 2. The third-order valence-electron chi connectivity index (χ3n) is 4.82. The number of rotatable bonds is 7. The van der Waals surface area contributed by atoms with Gasteiger partial charge in [-0.1, -0.05) is 13.3 Å². The maximum Gasteiger partial charge on any atom is 0.191 e. The molecule has 1 rings (SSSR count). The highest BCUT2D eigenvalue weighted by Gasteiger charge is 2.30. The molecular formula is C16H35IN4O2S. The number of halogens is 1. The second kappa shape index (κ2) is 10.8. The molecule has 6 nitrogen and oxygen atoms in total. The average molecular weight is 474 g/mol. The number of hydrogen-bond acceptors (Lipinski definition) is 4. The van der Waals surface area contributed by atoms with Gasteiger partial charge in [0.1, 0.15) is 0 Å². The fourth-order valence-corrected chi connectivity index (χ4v) is 3.12. The van der Waals surface area contributed by atoms with Crippen LogP contribution in [0.5, 0.6) is 0 Å². The Bertz CT molecular complexity index is 494. The SMILES string of the molecule is CCC1CCCCN1CCNC(=NC)NCC(C)(C)S(C)(=O)=O.I. The standard InChI is InChI=1S/C16H34N4O2S.HI/c1-6-14-9-7-8-11-20(14)12-10-18-15(17-4)19-13-16(2,3)23(5,21)22;/h14H,6-13H2,1-5H3,(H2,17,18,19);1H. The van der Waals surface area contributed by atoms with Gasteiger partial charge in [-0.25, -0.2) is 8.42 Å². The van der Waals surface area contributed by atoms with Crippen LogP contribution >= 0.6 is 24.0 Å². The highest BCUT2D eigenvalue weighted by atomic mass is 127. The zero-order chi connectivity index (χ0) is 17.5. The van der Waals surface area contributed by atoms with E-state index in [2.05, 4.69) is 27.4 Å². The van der Waals surface area contributed by atoms with Gasteiger partial charge in [0.2, 0.25) is 0 Å². The average Bonchev–Trinajstić information content (AvgIpc) is 2.49. The summed E-state index contributed by atoms with van der Waals surface area (Å²) in [4.78, 5) is 6.72. The molecule has 0 bridgehead atoms. The molecule has 0 aliphatic carbocycles. The van der Waals surface area contributed by atoms with Crippen molar-refractivity contribution in [2.45, 2.75) is 57.2 Å². The summed E-state index contributed by atoms with van der Waals surface area (Å²) in [6.45, 7) is 9.03. The third kappa shape index (κ3) is 7.43. The van der Waals surface area contributed by atoms with Crippen molar-refractivity contribution < 1.29 is 8.42 Å². The van der Waals surface area contributed by atoms with Crippen LogP contribution in [0.25, 0.3) is 0 Å². The number of sulfone groups is 1. The fraction of sp³-hybridized carbons (Fsp3) is 0.938. The summed E-state index contributed by atoms with van der Waals surface area (Å²) in [5, 5.41) is 6.41. The summed E-state index contributed by atoms with van der Waals surface area (Å²) in [5.74, 6) is 0.659. The Morgan fingerprint density at radius 3 is 2.50 bits per heavy atom. The number of guanidine groups is 1. The van der Waals surface area contributed by atoms with Crippen LogP contribution in [0.2, 0.25) is 0 Å². The van der Waals surface area contributed by atoms with Crippen LogP contribution in [-0.4, -0.2) is 69.5 Å². The van der Waals surface area contributed by atoms with Crippen molar-refractivity contribution in [2.24, 2.45) is 4.99 Å². The topological polar surface area (TPSA) is 73.8 Å². The van der Waals surface area contributed by atoms with E-state index >= 15 is 0 Å². The van der Waals surface area contributed by atoms with Gasteiger partial charge in [0.05, 0.1) is 4.75 Å². The van der Waals surface area contributed by atoms with Gasteiger partial charge in [-0.05, 0) is 39.7 Å². The molecular weight excluding hydrogens is 439 g/mol. The molecule has 1 aliphatic heterocycles. The lowest BCUT2D eigenvalue weighted by Gasteiger charge is -2.35. The van der Waals surface area contributed by atoms with Crippen LogP contribution in [0.3, 0.4) is 0 Å². The normalized spacial score (nSPS) is 20.4. The second-order valence-corrected chi connectivity index (χ2v) is 9.63. The molecule has 144 valence electrons. The first-order valence-corrected chi connectivity index (χ1v) is 10.5. The van der Waals surface area contributed by atoms with Crippen LogP contribution in [-0.2, 0) is 9.84 Å². The number of nitrogens with zero attached hydrogens (tertiary/aromatic N) is 2. The van der Waals surface area contributed by atoms with E-state index < -0.39 is 14.6 Å². The van der Waals surface area contributed by atoms with Gasteiger partial charge in [-0.2, -0.15) is 0 Å². The molecule has 0 radical (unpaired) electrons. The van der Waals surface area contributed by atoms with E-state index in [0.29, 0.717) is 18.5 Å². The fourth-order valence-electron chi connectivity index (χ4n) is 2.78. The van der Waals surface area contributed by atoms with Crippen molar-refractivity contribution in [2.75, 3.05) is 39.5 Å². The van der Waals surface area contributed by atoms with Crippen molar-refractivity contribution in [3.8, 4) is 0 Å². The maximum absolute atomic E-state index is 11.7. The van der Waals surface area contributed by atoms with Crippen molar-refractivity contribution in [1.82, 2.24) is 15.5 Å². The van der Waals surface area contributed by atoms with E-state index in [4.69, 9.17) is 0 Å². The van der Waals surface area contributed by atoms with Gasteiger partial charge in [-0.15, -0.1) is 24.0 Å². The Labute approximate surface area is 165 Å². The predicted octanol–water partition coefficient (Wildman–Crippen LogP) is 1.86. The van der Waals surface area contributed by atoms with Crippen molar-refractivity contribution in [3.63, 3.8) is 0 Å². The minimum atomic E-state index is -3.11. The van der Waals surface area contributed by atoms with E-state index in [1.807, 2.05) is 0 Å². The minimum Gasteiger partial charge on any atom is -0.355 e. The Morgan fingerprint density at radius 2 is 1.96 bits per heavy atom. The van der Waals surface area contributed by atoms with Crippen molar-refractivity contribution in [1.29, 1.82) is 0 Å². The quantitative estimate of drug-likeness (QED) is 0.335. The largest absolute Gasteiger partial charge is 0.355 e. The summed E-state index contributed by atoms with van der Waals surface area (Å²) >= 11 is 0. The molecule has 1 aliphatic rings. The molecule has 8 heteroatoms. The molecule has 0 aromatic rings. The number of likely N-dealkylation sites (tertiary alicyclic amines) is 1. The molecule has 0 spiro atoms. The summed E-state index contributed by atoms with van der Waals surface area (Å²) in [7, 11) is -1.40. The predicted molar refractivity (Wildman–Crippen MR) is 113 cm³/mol. The lowest BCUT2D eigenvalue weighted by atomic mass is 10.0. The first-order valence-electron chi connectivity index (χ1n) is 8.59. The lowest BCUT2D eigenvalue weighted by Crippen LogP contribution is -2.49. The van der Waals surface area contributed by atoms with Gasteiger partial charge < -0.3 is 10.6 Å². The smallest absolute Gasteiger partial charge is 0.191 e. The first kappa shape index (κ1) is 23.9. The minimum absolute atomic E-state index is 0. The van der Waals surface area contributed by atoms with Crippen LogP contribution < -0.4 is 10.6 Å².